The van der Waals surface area contributed by atoms with Gasteiger partial charge in [0, 0.05) is 0 Å². The number of ether oxygens (including phenoxy) is 1. The van der Waals surface area contributed by atoms with Crippen molar-refractivity contribution < 1.29 is 29.3 Å². The molecule has 108 valence electrons. The first-order valence-corrected chi connectivity index (χ1v) is 5.80. The highest BCUT2D eigenvalue weighted by Crippen LogP contribution is 2.19. The molecule has 0 bridgehead atoms. The Kier molecular flexibility index (Phi) is 5.49. The van der Waals surface area contributed by atoms with E-state index in [9.17, 15) is 20.1 Å². The number of carbonyl (C=O) groups excluding carboxylic acids is 1. The molecule has 1 unspecified atom stereocenters. The first-order chi connectivity index (χ1) is 9.01. The average Bonchev–Trinajstić information content (AvgIpc) is 2.93. The van der Waals surface area contributed by atoms with Gasteiger partial charge in [-0.2, -0.15) is 0 Å². The molecule has 0 aromatic carbocycles. The number of methoxy groups -OCH3 is 1. The van der Waals surface area contributed by atoms with Gasteiger partial charge in [0.25, 0.3) is 0 Å². The summed E-state index contributed by atoms with van der Waals surface area (Å²) in [6.07, 6.45) is 0. The Bertz CT molecular complexity index is 404. The number of nitrogens with one attached hydrogen (secondary N) is 1. The molecule has 7 nitrogen and oxygen atoms in total. The number of hydrogen-bond donors (Lipinski definition) is 4. The van der Waals surface area contributed by atoms with Crippen LogP contribution in [-0.4, -0.2) is 53.8 Å². The zero-order valence-corrected chi connectivity index (χ0v) is 10.9. The summed E-state index contributed by atoms with van der Waals surface area (Å²) >= 11 is 0. The van der Waals surface area contributed by atoms with E-state index in [1.807, 2.05) is 0 Å². The molecule has 0 aliphatic rings. The lowest BCUT2D eigenvalue weighted by molar-refractivity contribution is 0.0332. The minimum Gasteiger partial charge on any atom is -0.463 e. The van der Waals surface area contributed by atoms with E-state index in [0.29, 0.717) is 5.76 Å². The van der Waals surface area contributed by atoms with Crippen LogP contribution < -0.4 is 5.32 Å². The van der Waals surface area contributed by atoms with Gasteiger partial charge in [-0.05, 0) is 19.1 Å². The van der Waals surface area contributed by atoms with E-state index in [4.69, 9.17) is 4.42 Å². The monoisotopic (exact) mass is 273 g/mol. The Morgan fingerprint density at radius 3 is 2.42 bits per heavy atom. The van der Waals surface area contributed by atoms with Crippen molar-refractivity contribution in [3.05, 3.63) is 23.7 Å². The van der Waals surface area contributed by atoms with E-state index in [-0.39, 0.29) is 5.76 Å². The van der Waals surface area contributed by atoms with Crippen LogP contribution in [0.1, 0.15) is 29.3 Å². The third-order valence-electron chi connectivity index (χ3n) is 2.87. The summed E-state index contributed by atoms with van der Waals surface area (Å²) < 4.78 is 9.82. The van der Waals surface area contributed by atoms with Gasteiger partial charge in [0.2, 0.25) is 5.76 Å². The zero-order chi connectivity index (χ0) is 14.5. The van der Waals surface area contributed by atoms with E-state index in [2.05, 4.69) is 10.1 Å². The minimum absolute atomic E-state index is 0.0637. The fourth-order valence-electron chi connectivity index (χ4n) is 1.61. The van der Waals surface area contributed by atoms with Crippen molar-refractivity contribution in [2.24, 2.45) is 0 Å². The standard InChI is InChI=1S/C12H19NO6/c1-8(13-12(5-14,6-15)7-16)9-3-4-10(19-9)11(17)18-2/h3-4,8,13-16H,5-7H2,1-2H3. The topological polar surface area (TPSA) is 112 Å². The molecule has 1 heterocycles. The van der Waals surface area contributed by atoms with Gasteiger partial charge in [-0.3, -0.25) is 5.32 Å². The van der Waals surface area contributed by atoms with Crippen molar-refractivity contribution in [3.63, 3.8) is 0 Å². The van der Waals surface area contributed by atoms with Crippen molar-refractivity contribution in [2.45, 2.75) is 18.5 Å². The summed E-state index contributed by atoms with van der Waals surface area (Å²) in [6.45, 7) is 0.411. The predicted molar refractivity (Wildman–Crippen MR) is 65.6 cm³/mol. The van der Waals surface area contributed by atoms with Crippen molar-refractivity contribution >= 4 is 5.97 Å². The second-order valence-corrected chi connectivity index (χ2v) is 4.31. The van der Waals surface area contributed by atoms with Crippen LogP contribution in [0.5, 0.6) is 0 Å². The maximum atomic E-state index is 11.2. The van der Waals surface area contributed by atoms with Crippen molar-refractivity contribution in [3.8, 4) is 0 Å². The lowest BCUT2D eigenvalue weighted by Gasteiger charge is -2.31. The highest BCUT2D eigenvalue weighted by atomic mass is 16.5. The van der Waals surface area contributed by atoms with Gasteiger partial charge >= 0.3 is 5.97 Å². The maximum absolute atomic E-state index is 11.2. The number of aliphatic hydroxyl groups is 3. The zero-order valence-electron chi connectivity index (χ0n) is 10.9. The SMILES string of the molecule is COC(=O)c1ccc(C(C)NC(CO)(CO)CO)o1. The predicted octanol–water partition coefficient (Wildman–Crippen LogP) is -0.567. The Morgan fingerprint density at radius 1 is 1.37 bits per heavy atom. The molecule has 0 aliphatic carbocycles. The molecule has 7 heteroatoms. The van der Waals surface area contributed by atoms with Gasteiger partial charge in [0.15, 0.2) is 0 Å². The summed E-state index contributed by atoms with van der Waals surface area (Å²) in [6, 6.07) is 2.64. The molecule has 1 aromatic rings. The van der Waals surface area contributed by atoms with E-state index in [1.165, 1.54) is 13.2 Å². The van der Waals surface area contributed by atoms with Crippen LogP contribution >= 0.6 is 0 Å². The normalized spacial score (nSPS) is 13.3. The Hall–Kier alpha value is -1.41. The number of carbonyl (C=O) groups is 1. The number of hydrogen-bond acceptors (Lipinski definition) is 7. The van der Waals surface area contributed by atoms with E-state index < -0.39 is 37.4 Å². The minimum atomic E-state index is -1.21. The first kappa shape index (κ1) is 15.6. The smallest absolute Gasteiger partial charge is 0.373 e. The maximum Gasteiger partial charge on any atom is 0.373 e. The van der Waals surface area contributed by atoms with Gasteiger partial charge in [-0.1, -0.05) is 0 Å². The molecule has 0 aliphatic heterocycles. The summed E-state index contributed by atoms with van der Waals surface area (Å²) in [7, 11) is 1.25. The second kappa shape index (κ2) is 6.67. The molecular weight excluding hydrogens is 254 g/mol. The van der Waals surface area contributed by atoms with Crippen LogP contribution in [-0.2, 0) is 4.74 Å². The number of rotatable bonds is 7. The lowest BCUT2D eigenvalue weighted by atomic mass is 10.0. The van der Waals surface area contributed by atoms with Gasteiger partial charge in [-0.15, -0.1) is 0 Å². The van der Waals surface area contributed by atoms with Crippen LogP contribution in [0.3, 0.4) is 0 Å². The molecule has 0 amide bonds. The van der Waals surface area contributed by atoms with Crippen LogP contribution in [0.2, 0.25) is 0 Å². The quantitative estimate of drug-likeness (QED) is 0.492. The molecule has 0 saturated carbocycles. The number of esters is 1. The molecule has 0 radical (unpaired) electrons. The van der Waals surface area contributed by atoms with Crippen LogP contribution in [0.4, 0.5) is 0 Å². The van der Waals surface area contributed by atoms with Gasteiger partial charge in [-0.25, -0.2) is 4.79 Å². The van der Waals surface area contributed by atoms with Gasteiger partial charge < -0.3 is 24.5 Å². The van der Waals surface area contributed by atoms with Gasteiger partial charge in [0.05, 0.1) is 38.5 Å². The van der Waals surface area contributed by atoms with Crippen LogP contribution in [0.15, 0.2) is 16.5 Å². The van der Waals surface area contributed by atoms with Crippen molar-refractivity contribution in [2.75, 3.05) is 26.9 Å². The third kappa shape index (κ3) is 3.54. The van der Waals surface area contributed by atoms with E-state index in [1.54, 1.807) is 13.0 Å². The fourth-order valence-corrected chi connectivity index (χ4v) is 1.61. The van der Waals surface area contributed by atoms with Crippen molar-refractivity contribution in [1.82, 2.24) is 5.32 Å². The summed E-state index contributed by atoms with van der Waals surface area (Å²) in [5.41, 5.74) is -1.21. The van der Waals surface area contributed by atoms with Gasteiger partial charge in [0.1, 0.15) is 5.76 Å². The average molecular weight is 273 g/mol. The Balaban J connectivity index is 2.80. The Labute approximate surface area is 110 Å². The summed E-state index contributed by atoms with van der Waals surface area (Å²) in [4.78, 5) is 11.2. The summed E-state index contributed by atoms with van der Waals surface area (Å²) in [5.74, 6) is -0.0925. The molecule has 1 rings (SSSR count). The number of aliphatic hydroxyl groups excluding tert-OH is 3. The van der Waals surface area contributed by atoms with Crippen LogP contribution in [0.25, 0.3) is 0 Å². The van der Waals surface area contributed by atoms with Crippen LogP contribution in [0, 0.1) is 0 Å². The molecule has 4 N–H and O–H groups in total. The summed E-state index contributed by atoms with van der Waals surface area (Å²) in [5, 5.41) is 30.5. The fraction of sp³-hybridized carbons (Fsp3) is 0.583. The molecule has 1 atom stereocenters. The molecule has 19 heavy (non-hydrogen) atoms. The molecule has 0 saturated heterocycles. The molecular formula is C12H19NO6. The number of furan rings is 1. The van der Waals surface area contributed by atoms with E-state index in [0.717, 1.165) is 0 Å². The van der Waals surface area contributed by atoms with E-state index >= 15 is 0 Å². The lowest BCUT2D eigenvalue weighted by Crippen LogP contribution is -2.55. The first-order valence-electron chi connectivity index (χ1n) is 5.80. The second-order valence-electron chi connectivity index (χ2n) is 4.31. The Morgan fingerprint density at radius 2 is 1.95 bits per heavy atom. The molecule has 1 aromatic heterocycles. The van der Waals surface area contributed by atoms with Crippen molar-refractivity contribution in [1.29, 1.82) is 0 Å². The largest absolute Gasteiger partial charge is 0.463 e. The highest BCUT2D eigenvalue weighted by molar-refractivity contribution is 5.86. The molecule has 0 fully saturated rings. The molecule has 0 spiro atoms. The third-order valence-corrected chi connectivity index (χ3v) is 2.87. The highest BCUT2D eigenvalue weighted by Gasteiger charge is 2.30.